The Morgan fingerprint density at radius 1 is 1.26 bits per heavy atom. The van der Waals surface area contributed by atoms with Crippen molar-refractivity contribution in [3.05, 3.63) is 27.9 Å². The number of thiazole rings is 2. The summed E-state index contributed by atoms with van der Waals surface area (Å²) in [6, 6.07) is 0.428. The van der Waals surface area contributed by atoms with E-state index in [0.29, 0.717) is 12.6 Å². The van der Waals surface area contributed by atoms with Crippen LogP contribution in [-0.4, -0.2) is 57.2 Å². The van der Waals surface area contributed by atoms with Crippen LogP contribution in [0.4, 0.5) is 9.93 Å². The number of piperidine rings is 1. The van der Waals surface area contributed by atoms with E-state index in [1.54, 1.807) is 22.7 Å². The number of aromatic nitrogens is 3. The lowest BCUT2D eigenvalue weighted by Gasteiger charge is -2.41. The van der Waals surface area contributed by atoms with Gasteiger partial charge in [-0.25, -0.2) is 14.8 Å². The summed E-state index contributed by atoms with van der Waals surface area (Å²) in [4.78, 5) is 33.0. The number of anilines is 1. The maximum Gasteiger partial charge on any atom is 0.410 e. The number of hydrogen-bond acceptors (Lipinski definition) is 8. The number of rotatable bonds is 3. The normalized spacial score (nSPS) is 20.1. The number of halogens is 1. The number of nitrogens with zero attached hydrogens (tertiary/aromatic N) is 5. The van der Waals surface area contributed by atoms with E-state index >= 15 is 0 Å². The van der Waals surface area contributed by atoms with Crippen LogP contribution >= 0.6 is 38.6 Å². The third kappa shape index (κ3) is 4.47. The summed E-state index contributed by atoms with van der Waals surface area (Å²) in [6.45, 7) is 8.49. The Labute approximate surface area is 216 Å². The van der Waals surface area contributed by atoms with Gasteiger partial charge in [-0.3, -0.25) is 4.98 Å². The van der Waals surface area contributed by atoms with Crippen molar-refractivity contribution in [2.75, 3.05) is 18.5 Å². The van der Waals surface area contributed by atoms with Crippen LogP contribution < -0.4 is 4.90 Å². The maximum absolute atomic E-state index is 12.6. The van der Waals surface area contributed by atoms with Crippen LogP contribution in [0.3, 0.4) is 0 Å². The minimum Gasteiger partial charge on any atom is -0.444 e. The largest absolute Gasteiger partial charge is 0.444 e. The summed E-state index contributed by atoms with van der Waals surface area (Å²) in [5, 5.41) is 1.90. The van der Waals surface area contributed by atoms with E-state index in [2.05, 4.69) is 51.9 Å². The molecule has 0 bridgehead atoms. The van der Waals surface area contributed by atoms with E-state index in [4.69, 9.17) is 14.7 Å². The quantitative estimate of drug-likeness (QED) is 0.370. The molecule has 1 aliphatic carbocycles. The summed E-state index contributed by atoms with van der Waals surface area (Å²) in [6.07, 6.45) is 8.58. The first-order valence-electron chi connectivity index (χ1n) is 11.4. The molecule has 3 aromatic rings. The summed E-state index contributed by atoms with van der Waals surface area (Å²) in [5.41, 5.74) is 2.89. The van der Waals surface area contributed by atoms with Crippen molar-refractivity contribution in [1.29, 1.82) is 0 Å². The topological polar surface area (TPSA) is 71.5 Å². The van der Waals surface area contributed by atoms with Crippen molar-refractivity contribution in [2.45, 2.75) is 64.6 Å². The Kier molecular flexibility index (Phi) is 6.18. The van der Waals surface area contributed by atoms with Gasteiger partial charge in [-0.15, -0.1) is 0 Å². The van der Waals surface area contributed by atoms with E-state index < -0.39 is 5.60 Å². The Morgan fingerprint density at radius 3 is 2.74 bits per heavy atom. The maximum atomic E-state index is 12.6. The predicted octanol–water partition coefficient (Wildman–Crippen LogP) is 6.37. The fourth-order valence-corrected chi connectivity index (χ4v) is 7.11. The zero-order valence-electron chi connectivity index (χ0n) is 20.0. The zero-order valence-corrected chi connectivity index (χ0v) is 23.2. The summed E-state index contributed by atoms with van der Waals surface area (Å²) >= 11 is 6.82. The number of allylic oxidation sites excluding steroid dienone is 1. The van der Waals surface area contributed by atoms with E-state index in [9.17, 15) is 4.79 Å². The standard InChI is InChI=1S/C24H28BrN5O2S2/c1-13-11-14(9-10-30(13)23(31)32-24(2,3)4)29(5)22-28-21-20(34-22)27-19(33-21)18-16-8-6-7-15(16)17(25)12-26-18/h6-7,12-14H,8-11H2,1-5H3/t13-,14+/m0/s1. The second kappa shape index (κ2) is 8.87. The van der Waals surface area contributed by atoms with Crippen molar-refractivity contribution in [1.82, 2.24) is 19.9 Å². The first-order chi connectivity index (χ1) is 16.1. The molecule has 0 aromatic carbocycles. The molecule has 0 radical (unpaired) electrons. The second-order valence-electron chi connectivity index (χ2n) is 9.89. The molecule has 0 saturated carbocycles. The molecule has 1 saturated heterocycles. The van der Waals surface area contributed by atoms with Crippen molar-refractivity contribution in [3.8, 4) is 10.7 Å². The molecule has 2 aliphatic rings. The molecule has 3 aromatic heterocycles. The molecular weight excluding hydrogens is 534 g/mol. The third-order valence-corrected chi connectivity index (χ3v) is 9.03. The molecule has 1 aliphatic heterocycles. The van der Waals surface area contributed by atoms with E-state index in [1.807, 2.05) is 31.9 Å². The number of pyridine rings is 1. The van der Waals surface area contributed by atoms with E-state index in [-0.39, 0.29) is 12.1 Å². The molecular formula is C24H28BrN5O2S2. The highest BCUT2D eigenvalue weighted by atomic mass is 79.9. The molecule has 180 valence electrons. The van der Waals surface area contributed by atoms with E-state index in [0.717, 1.165) is 49.2 Å². The number of carbonyl (C=O) groups is 1. The van der Waals surface area contributed by atoms with Crippen LogP contribution in [0, 0.1) is 0 Å². The lowest BCUT2D eigenvalue weighted by Crippen LogP contribution is -2.51. The Morgan fingerprint density at radius 2 is 2.03 bits per heavy atom. The van der Waals surface area contributed by atoms with Crippen molar-refractivity contribution < 1.29 is 9.53 Å². The molecule has 1 amide bonds. The fraction of sp³-hybridized carbons (Fsp3) is 0.500. The van der Waals surface area contributed by atoms with Crippen LogP contribution in [0.25, 0.3) is 26.4 Å². The highest BCUT2D eigenvalue weighted by Gasteiger charge is 2.34. The monoisotopic (exact) mass is 561 g/mol. The third-order valence-electron chi connectivity index (χ3n) is 6.27. The van der Waals surface area contributed by atoms with Crippen LogP contribution in [0.15, 0.2) is 16.7 Å². The number of ether oxygens (including phenoxy) is 1. The summed E-state index contributed by atoms with van der Waals surface area (Å²) in [7, 11) is 2.10. The van der Waals surface area contributed by atoms with Gasteiger partial charge in [-0.1, -0.05) is 34.8 Å². The highest BCUT2D eigenvalue weighted by Crippen LogP contribution is 2.40. The number of amides is 1. The van der Waals surface area contributed by atoms with Gasteiger partial charge in [0.05, 0.1) is 0 Å². The van der Waals surface area contributed by atoms with Gasteiger partial charge in [0.15, 0.2) is 14.8 Å². The number of fused-ring (bicyclic) bond motifs is 2. The summed E-state index contributed by atoms with van der Waals surface area (Å²) < 4.78 is 6.60. The van der Waals surface area contributed by atoms with Crippen molar-refractivity contribution >= 4 is 65.6 Å². The molecule has 0 unspecified atom stereocenters. The van der Waals surface area contributed by atoms with E-state index in [1.165, 1.54) is 11.1 Å². The molecule has 7 nitrogen and oxygen atoms in total. The number of hydrogen-bond donors (Lipinski definition) is 0. The van der Waals surface area contributed by atoms with Gasteiger partial charge in [0, 0.05) is 36.3 Å². The lowest BCUT2D eigenvalue weighted by atomic mass is 9.98. The van der Waals surface area contributed by atoms with Gasteiger partial charge in [-0.05, 0) is 74.0 Å². The van der Waals surface area contributed by atoms with Gasteiger partial charge in [0.1, 0.15) is 16.3 Å². The molecule has 2 atom stereocenters. The van der Waals surface area contributed by atoms with Gasteiger partial charge in [-0.2, -0.15) is 0 Å². The molecule has 34 heavy (non-hydrogen) atoms. The molecule has 10 heteroatoms. The van der Waals surface area contributed by atoms with Crippen molar-refractivity contribution in [2.24, 2.45) is 0 Å². The fourth-order valence-electron chi connectivity index (χ4n) is 4.54. The van der Waals surface area contributed by atoms with Crippen LogP contribution in [0.2, 0.25) is 0 Å². The SMILES string of the molecule is C[C@H]1C[C@H](N(C)c2nc3sc(-c4ncc(Br)c5c4CC=C5)nc3s2)CCN1C(=O)OC(C)(C)C. The van der Waals surface area contributed by atoms with Crippen LogP contribution in [0.1, 0.15) is 51.7 Å². The Hall–Kier alpha value is -2.04. The van der Waals surface area contributed by atoms with Gasteiger partial charge in [0.2, 0.25) is 0 Å². The Bertz CT molecular complexity index is 1250. The predicted molar refractivity (Wildman–Crippen MR) is 143 cm³/mol. The Balaban J connectivity index is 1.30. The van der Waals surface area contributed by atoms with Gasteiger partial charge >= 0.3 is 6.09 Å². The molecule has 0 spiro atoms. The molecule has 5 rings (SSSR count). The first-order valence-corrected chi connectivity index (χ1v) is 13.9. The van der Waals surface area contributed by atoms with Crippen LogP contribution in [0.5, 0.6) is 0 Å². The summed E-state index contributed by atoms with van der Waals surface area (Å²) in [5.74, 6) is 0. The lowest BCUT2D eigenvalue weighted by molar-refractivity contribution is 0.0105. The highest BCUT2D eigenvalue weighted by molar-refractivity contribution is 9.10. The second-order valence-corrected chi connectivity index (χ2v) is 12.7. The molecule has 0 N–H and O–H groups in total. The first kappa shape index (κ1) is 23.7. The van der Waals surface area contributed by atoms with Gasteiger partial charge in [0.25, 0.3) is 0 Å². The number of carbonyl (C=O) groups excluding carboxylic acids is 1. The average molecular weight is 563 g/mol. The minimum atomic E-state index is -0.481. The zero-order chi connectivity index (χ0) is 24.2. The van der Waals surface area contributed by atoms with Gasteiger partial charge < -0.3 is 14.5 Å². The van der Waals surface area contributed by atoms with Crippen LogP contribution in [-0.2, 0) is 11.2 Å². The minimum absolute atomic E-state index is 0.112. The number of likely N-dealkylation sites (tertiary alicyclic amines) is 1. The smallest absolute Gasteiger partial charge is 0.410 e. The molecule has 4 heterocycles. The molecule has 1 fully saturated rings. The van der Waals surface area contributed by atoms with Crippen molar-refractivity contribution in [3.63, 3.8) is 0 Å². The average Bonchev–Trinajstić information content (AvgIpc) is 3.47.